The molecular weight excluding hydrogens is 323 g/mol. The van der Waals surface area contributed by atoms with Crippen molar-refractivity contribution in [3.8, 4) is 0 Å². The van der Waals surface area contributed by atoms with E-state index in [4.69, 9.17) is 27.9 Å². The van der Waals surface area contributed by atoms with E-state index in [1.807, 2.05) is 0 Å². The summed E-state index contributed by atoms with van der Waals surface area (Å²) in [5.41, 5.74) is 0.984. The van der Waals surface area contributed by atoms with Crippen molar-refractivity contribution in [3.63, 3.8) is 0 Å². The first-order valence-electron chi connectivity index (χ1n) is 7.29. The molecule has 6 heteroatoms. The third-order valence-corrected chi connectivity index (χ3v) is 4.37. The van der Waals surface area contributed by atoms with E-state index in [0.29, 0.717) is 33.1 Å². The van der Waals surface area contributed by atoms with Crippen molar-refractivity contribution in [2.75, 3.05) is 13.2 Å². The summed E-state index contributed by atoms with van der Waals surface area (Å²) in [6.07, 6.45) is 4.91. The summed E-state index contributed by atoms with van der Waals surface area (Å²) in [5.74, 6) is -0.228. The van der Waals surface area contributed by atoms with Crippen molar-refractivity contribution in [2.24, 2.45) is 0 Å². The number of halogens is 2. The van der Waals surface area contributed by atoms with Gasteiger partial charge in [0.1, 0.15) is 0 Å². The predicted molar refractivity (Wildman–Crippen MR) is 87.7 cm³/mol. The SMILES string of the molecule is O=C(NCC1CCCCO1)c1c(Cl)cc(Cl)c2ncccc12. The highest BCUT2D eigenvalue weighted by molar-refractivity contribution is 6.41. The summed E-state index contributed by atoms with van der Waals surface area (Å²) in [5, 5.41) is 4.32. The van der Waals surface area contributed by atoms with E-state index in [1.54, 1.807) is 24.4 Å². The van der Waals surface area contributed by atoms with Gasteiger partial charge < -0.3 is 10.1 Å². The summed E-state index contributed by atoms with van der Waals surface area (Å²) in [6, 6.07) is 5.12. The maximum Gasteiger partial charge on any atom is 0.253 e. The zero-order valence-electron chi connectivity index (χ0n) is 11.9. The van der Waals surface area contributed by atoms with Gasteiger partial charge in [0.2, 0.25) is 0 Å². The smallest absolute Gasteiger partial charge is 0.253 e. The fourth-order valence-electron chi connectivity index (χ4n) is 2.67. The van der Waals surface area contributed by atoms with Gasteiger partial charge in [-0.15, -0.1) is 0 Å². The van der Waals surface area contributed by atoms with E-state index in [0.717, 1.165) is 25.9 Å². The Bertz CT molecular complexity index is 700. The Morgan fingerprint density at radius 2 is 2.23 bits per heavy atom. The molecule has 1 N–H and O–H groups in total. The standard InChI is InChI=1S/C16H16Cl2N2O2/c17-12-8-13(18)15-11(5-3-6-19-15)14(12)16(21)20-9-10-4-1-2-7-22-10/h3,5-6,8,10H,1-2,4,7,9H2,(H,20,21). The molecule has 1 aliphatic heterocycles. The molecule has 2 heterocycles. The monoisotopic (exact) mass is 338 g/mol. The summed E-state index contributed by atoms with van der Waals surface area (Å²) in [6.45, 7) is 1.24. The van der Waals surface area contributed by atoms with Crippen LogP contribution in [0, 0.1) is 0 Å². The summed E-state index contributed by atoms with van der Waals surface area (Å²) in [7, 11) is 0. The van der Waals surface area contributed by atoms with Crippen molar-refractivity contribution in [3.05, 3.63) is 40.0 Å². The minimum atomic E-state index is -0.228. The maximum absolute atomic E-state index is 12.5. The lowest BCUT2D eigenvalue weighted by Crippen LogP contribution is -2.35. The number of carbonyl (C=O) groups excluding carboxylic acids is 1. The minimum Gasteiger partial charge on any atom is -0.376 e. The lowest BCUT2D eigenvalue weighted by Gasteiger charge is -2.23. The number of hydrogen-bond acceptors (Lipinski definition) is 3. The average Bonchev–Trinajstić information content (AvgIpc) is 2.54. The Hall–Kier alpha value is -1.36. The molecule has 1 aromatic heterocycles. The van der Waals surface area contributed by atoms with E-state index < -0.39 is 0 Å². The third-order valence-electron chi connectivity index (χ3n) is 3.79. The van der Waals surface area contributed by atoms with Gasteiger partial charge in [-0.2, -0.15) is 0 Å². The van der Waals surface area contributed by atoms with Crippen LogP contribution >= 0.6 is 23.2 Å². The number of pyridine rings is 1. The molecule has 1 amide bonds. The predicted octanol–water partition coefficient (Wildman–Crippen LogP) is 3.84. The molecule has 116 valence electrons. The number of rotatable bonds is 3. The zero-order chi connectivity index (χ0) is 15.5. The lowest BCUT2D eigenvalue weighted by atomic mass is 10.1. The molecule has 1 unspecified atom stereocenters. The van der Waals surface area contributed by atoms with Gasteiger partial charge in [0, 0.05) is 24.7 Å². The Balaban J connectivity index is 1.84. The van der Waals surface area contributed by atoms with Gasteiger partial charge in [0.05, 0.1) is 27.2 Å². The van der Waals surface area contributed by atoms with Crippen LogP contribution < -0.4 is 5.32 Å². The van der Waals surface area contributed by atoms with E-state index >= 15 is 0 Å². The molecule has 2 aromatic rings. The highest BCUT2D eigenvalue weighted by Gasteiger charge is 2.19. The molecule has 0 saturated carbocycles. The van der Waals surface area contributed by atoms with Gasteiger partial charge >= 0.3 is 0 Å². The van der Waals surface area contributed by atoms with E-state index in [-0.39, 0.29) is 12.0 Å². The first-order chi connectivity index (χ1) is 10.7. The van der Waals surface area contributed by atoms with Gasteiger partial charge in [0.15, 0.2) is 0 Å². The Morgan fingerprint density at radius 1 is 1.36 bits per heavy atom. The number of benzene rings is 1. The Morgan fingerprint density at radius 3 is 3.00 bits per heavy atom. The van der Waals surface area contributed by atoms with Crippen molar-refractivity contribution in [2.45, 2.75) is 25.4 Å². The van der Waals surface area contributed by atoms with E-state index in [1.165, 1.54) is 0 Å². The fraction of sp³-hybridized carbons (Fsp3) is 0.375. The largest absolute Gasteiger partial charge is 0.376 e. The van der Waals surface area contributed by atoms with Crippen molar-refractivity contribution < 1.29 is 9.53 Å². The van der Waals surface area contributed by atoms with Crippen LogP contribution in [0.1, 0.15) is 29.6 Å². The Labute approximate surface area is 138 Å². The summed E-state index contributed by atoms with van der Waals surface area (Å²) in [4.78, 5) is 16.7. The fourth-order valence-corrected chi connectivity index (χ4v) is 3.28. The van der Waals surface area contributed by atoms with Gasteiger partial charge in [-0.3, -0.25) is 9.78 Å². The number of hydrogen-bond donors (Lipinski definition) is 1. The minimum absolute atomic E-state index is 0.0770. The van der Waals surface area contributed by atoms with Crippen LogP contribution in [0.3, 0.4) is 0 Å². The number of ether oxygens (including phenoxy) is 1. The molecule has 1 atom stereocenters. The van der Waals surface area contributed by atoms with Crippen LogP contribution in [0.2, 0.25) is 10.0 Å². The highest BCUT2D eigenvalue weighted by Crippen LogP contribution is 2.31. The molecule has 0 aliphatic carbocycles. The maximum atomic E-state index is 12.5. The van der Waals surface area contributed by atoms with Crippen molar-refractivity contribution in [1.82, 2.24) is 10.3 Å². The normalized spacial score (nSPS) is 18.4. The van der Waals surface area contributed by atoms with Crippen molar-refractivity contribution in [1.29, 1.82) is 0 Å². The van der Waals surface area contributed by atoms with E-state index in [9.17, 15) is 4.79 Å². The van der Waals surface area contributed by atoms with Crippen molar-refractivity contribution >= 4 is 40.0 Å². The second kappa shape index (κ2) is 6.82. The summed E-state index contributed by atoms with van der Waals surface area (Å²) < 4.78 is 5.62. The first kappa shape index (κ1) is 15.5. The molecule has 0 bridgehead atoms. The molecule has 4 nitrogen and oxygen atoms in total. The second-order valence-electron chi connectivity index (χ2n) is 5.31. The number of nitrogens with zero attached hydrogens (tertiary/aromatic N) is 1. The van der Waals surface area contributed by atoms with Gasteiger partial charge in [-0.1, -0.05) is 29.3 Å². The lowest BCUT2D eigenvalue weighted by molar-refractivity contribution is 0.0169. The summed E-state index contributed by atoms with van der Waals surface area (Å²) >= 11 is 12.4. The van der Waals surface area contributed by atoms with Crippen LogP contribution in [-0.4, -0.2) is 30.1 Å². The number of carbonyl (C=O) groups is 1. The van der Waals surface area contributed by atoms with Gasteiger partial charge in [-0.05, 0) is 31.4 Å². The second-order valence-corrected chi connectivity index (χ2v) is 6.13. The average molecular weight is 339 g/mol. The molecule has 1 saturated heterocycles. The zero-order valence-corrected chi connectivity index (χ0v) is 13.5. The molecule has 0 radical (unpaired) electrons. The number of aromatic nitrogens is 1. The molecule has 22 heavy (non-hydrogen) atoms. The van der Waals surface area contributed by atoms with Gasteiger partial charge in [0.25, 0.3) is 5.91 Å². The molecule has 1 fully saturated rings. The van der Waals surface area contributed by atoms with Crippen LogP contribution in [0.15, 0.2) is 24.4 Å². The molecule has 1 aliphatic rings. The van der Waals surface area contributed by atoms with Crippen LogP contribution in [-0.2, 0) is 4.74 Å². The van der Waals surface area contributed by atoms with Crippen LogP contribution in [0.4, 0.5) is 0 Å². The van der Waals surface area contributed by atoms with Gasteiger partial charge in [-0.25, -0.2) is 0 Å². The topological polar surface area (TPSA) is 51.2 Å². The molecule has 1 aromatic carbocycles. The molecular formula is C16H16Cl2N2O2. The number of amides is 1. The van der Waals surface area contributed by atoms with Crippen LogP contribution in [0.25, 0.3) is 10.9 Å². The van der Waals surface area contributed by atoms with E-state index in [2.05, 4.69) is 10.3 Å². The quantitative estimate of drug-likeness (QED) is 0.924. The van der Waals surface area contributed by atoms with Crippen LogP contribution in [0.5, 0.6) is 0 Å². The molecule has 0 spiro atoms. The first-order valence-corrected chi connectivity index (χ1v) is 8.05. The Kier molecular flexibility index (Phi) is 4.81. The highest BCUT2D eigenvalue weighted by atomic mass is 35.5. The number of fused-ring (bicyclic) bond motifs is 1. The third kappa shape index (κ3) is 3.19. The molecule has 3 rings (SSSR count). The number of nitrogens with one attached hydrogen (secondary N) is 1.